The lowest BCUT2D eigenvalue weighted by atomic mass is 10.2. The molecule has 0 aliphatic heterocycles. The lowest BCUT2D eigenvalue weighted by Gasteiger charge is -2.13. The van der Waals surface area contributed by atoms with Gasteiger partial charge >= 0.3 is 5.69 Å². The summed E-state index contributed by atoms with van der Waals surface area (Å²) < 4.78 is 25.4. The van der Waals surface area contributed by atoms with Crippen LogP contribution in [0.3, 0.4) is 0 Å². The zero-order chi connectivity index (χ0) is 17.9. The predicted octanol–water partition coefficient (Wildman–Crippen LogP) is 4.56. The molecule has 0 aromatic heterocycles. The van der Waals surface area contributed by atoms with Crippen molar-refractivity contribution in [2.75, 3.05) is 24.7 Å². The standard InChI is InChI=1S/C16H16Cl2N3O2S/c1-21(2)13-5-6-15(20-19)16(10-13)24(22,23)8-7-11-3-4-12(17)9-14(11)18/h3-6,9-10H,7-8H2,1-2H3/q+1. The third kappa shape index (κ3) is 4.18. The van der Waals surface area contributed by atoms with Crippen LogP contribution in [0.25, 0.3) is 4.98 Å². The molecule has 0 radical (unpaired) electrons. The second kappa shape index (κ2) is 7.39. The van der Waals surface area contributed by atoms with Crippen LogP contribution in [0.2, 0.25) is 10.0 Å². The van der Waals surface area contributed by atoms with Crippen LogP contribution in [0.1, 0.15) is 5.56 Å². The first-order valence-electron chi connectivity index (χ1n) is 7.08. The summed E-state index contributed by atoms with van der Waals surface area (Å²) in [4.78, 5) is 4.84. The second-order valence-electron chi connectivity index (χ2n) is 5.45. The van der Waals surface area contributed by atoms with Gasteiger partial charge in [-0.15, -0.1) is 0 Å². The first kappa shape index (κ1) is 18.5. The maximum Gasteiger partial charge on any atom is 0.403 e. The minimum Gasteiger partial charge on any atom is -0.378 e. The number of nitrogens with zero attached hydrogens (tertiary/aromatic N) is 3. The van der Waals surface area contributed by atoms with E-state index >= 15 is 0 Å². The maximum absolute atomic E-state index is 12.7. The Morgan fingerprint density at radius 2 is 1.83 bits per heavy atom. The Labute approximate surface area is 151 Å². The van der Waals surface area contributed by atoms with E-state index in [9.17, 15) is 8.42 Å². The predicted molar refractivity (Wildman–Crippen MR) is 97.7 cm³/mol. The van der Waals surface area contributed by atoms with Crippen LogP contribution in [0.15, 0.2) is 41.3 Å². The number of sulfone groups is 1. The van der Waals surface area contributed by atoms with Gasteiger partial charge in [0, 0.05) is 35.9 Å². The van der Waals surface area contributed by atoms with Gasteiger partial charge in [0.1, 0.15) is 0 Å². The van der Waals surface area contributed by atoms with Crippen molar-refractivity contribution in [1.82, 2.24) is 0 Å². The van der Waals surface area contributed by atoms with Crippen molar-refractivity contribution in [3.8, 4) is 0 Å². The van der Waals surface area contributed by atoms with Crippen LogP contribution >= 0.6 is 23.2 Å². The summed E-state index contributed by atoms with van der Waals surface area (Å²) in [6, 6.07) is 9.59. The largest absolute Gasteiger partial charge is 0.403 e. The van der Waals surface area contributed by atoms with E-state index in [-0.39, 0.29) is 22.8 Å². The van der Waals surface area contributed by atoms with Crippen LogP contribution in [-0.4, -0.2) is 28.3 Å². The number of halogens is 2. The Kier molecular flexibility index (Phi) is 5.70. The summed E-state index contributed by atoms with van der Waals surface area (Å²) in [5.74, 6) is -0.159. The molecule has 24 heavy (non-hydrogen) atoms. The van der Waals surface area contributed by atoms with Gasteiger partial charge in [0.25, 0.3) is 0 Å². The molecule has 0 fully saturated rings. The van der Waals surface area contributed by atoms with Crippen LogP contribution in [0.5, 0.6) is 0 Å². The van der Waals surface area contributed by atoms with Crippen molar-refractivity contribution in [3.63, 3.8) is 0 Å². The van der Waals surface area contributed by atoms with E-state index in [1.165, 1.54) is 12.1 Å². The van der Waals surface area contributed by atoms with E-state index in [2.05, 4.69) is 4.98 Å². The molecule has 0 saturated carbocycles. The maximum atomic E-state index is 12.7. The molecule has 5 nitrogen and oxygen atoms in total. The van der Waals surface area contributed by atoms with Crippen molar-refractivity contribution in [1.29, 1.82) is 5.39 Å². The van der Waals surface area contributed by atoms with E-state index in [0.717, 1.165) is 0 Å². The quantitative estimate of drug-likeness (QED) is 0.708. The van der Waals surface area contributed by atoms with Gasteiger partial charge in [0.05, 0.1) is 5.75 Å². The summed E-state index contributed by atoms with van der Waals surface area (Å²) in [6.07, 6.45) is 0.232. The topological polar surface area (TPSA) is 65.5 Å². The summed E-state index contributed by atoms with van der Waals surface area (Å²) in [5, 5.41) is 10.00. The number of rotatable bonds is 5. The van der Waals surface area contributed by atoms with Crippen LogP contribution in [0.4, 0.5) is 11.4 Å². The van der Waals surface area contributed by atoms with Gasteiger partial charge in [-0.25, -0.2) is 8.42 Å². The van der Waals surface area contributed by atoms with Gasteiger partial charge in [-0.1, -0.05) is 29.3 Å². The van der Waals surface area contributed by atoms with E-state index in [4.69, 9.17) is 28.6 Å². The Morgan fingerprint density at radius 1 is 1.12 bits per heavy atom. The molecule has 0 saturated heterocycles. The number of aryl methyl sites for hydroxylation is 1. The highest BCUT2D eigenvalue weighted by molar-refractivity contribution is 7.91. The zero-order valence-corrected chi connectivity index (χ0v) is 15.5. The van der Waals surface area contributed by atoms with E-state index in [1.807, 2.05) is 0 Å². The van der Waals surface area contributed by atoms with Gasteiger partial charge < -0.3 is 4.90 Å². The summed E-state index contributed by atoms with van der Waals surface area (Å²) in [7, 11) is -0.0550. The fourth-order valence-electron chi connectivity index (χ4n) is 2.19. The molecule has 0 atom stereocenters. The lowest BCUT2D eigenvalue weighted by molar-refractivity contribution is 0.595. The number of hydrogen-bond donors (Lipinski definition) is 0. The molecule has 0 aliphatic rings. The van der Waals surface area contributed by atoms with Gasteiger partial charge in [-0.3, -0.25) is 0 Å². The number of hydrogen-bond acceptors (Lipinski definition) is 4. The lowest BCUT2D eigenvalue weighted by Crippen LogP contribution is -2.12. The highest BCUT2D eigenvalue weighted by Crippen LogP contribution is 2.30. The summed E-state index contributed by atoms with van der Waals surface area (Å²) in [5.41, 5.74) is 1.41. The van der Waals surface area contributed by atoms with Crippen LogP contribution in [0, 0.1) is 5.39 Å². The third-order valence-corrected chi connectivity index (χ3v) is 5.88. The molecule has 0 bridgehead atoms. The minimum absolute atomic E-state index is 0.0127. The van der Waals surface area contributed by atoms with Crippen molar-refractivity contribution in [3.05, 3.63) is 57.0 Å². The van der Waals surface area contributed by atoms with E-state index in [0.29, 0.717) is 21.3 Å². The monoisotopic (exact) mass is 384 g/mol. The molecule has 126 valence electrons. The molecule has 0 heterocycles. The molecule has 0 amide bonds. The van der Waals surface area contributed by atoms with Crippen molar-refractivity contribution in [2.45, 2.75) is 11.3 Å². The van der Waals surface area contributed by atoms with Gasteiger partial charge in [-0.05, 0) is 36.2 Å². The van der Waals surface area contributed by atoms with Gasteiger partial charge in [-0.2, -0.15) is 0 Å². The average molecular weight is 385 g/mol. The van der Waals surface area contributed by atoms with Crippen LogP contribution in [-0.2, 0) is 16.3 Å². The van der Waals surface area contributed by atoms with Gasteiger partial charge in [0.2, 0.25) is 5.39 Å². The zero-order valence-electron chi connectivity index (χ0n) is 13.2. The molecule has 0 spiro atoms. The molecule has 8 heteroatoms. The SMILES string of the molecule is CN(C)c1ccc([N+]#N)c(S(=O)(=O)CCc2ccc(Cl)cc2Cl)c1. The number of benzene rings is 2. The Balaban J connectivity index is 2.33. The van der Waals surface area contributed by atoms with E-state index in [1.54, 1.807) is 43.3 Å². The normalized spacial score (nSPS) is 11.1. The first-order chi connectivity index (χ1) is 11.2. The molecule has 0 N–H and O–H groups in total. The van der Waals surface area contributed by atoms with E-state index < -0.39 is 9.84 Å². The highest BCUT2D eigenvalue weighted by Gasteiger charge is 2.27. The third-order valence-electron chi connectivity index (χ3n) is 3.56. The summed E-state index contributed by atoms with van der Waals surface area (Å²) >= 11 is 11.9. The number of diazo groups is 1. The minimum atomic E-state index is -3.66. The fourth-order valence-corrected chi connectivity index (χ4v) is 4.13. The molecule has 2 aromatic rings. The molecule has 2 rings (SSSR count). The fraction of sp³-hybridized carbons (Fsp3) is 0.250. The van der Waals surface area contributed by atoms with Crippen LogP contribution < -0.4 is 4.90 Å². The second-order valence-corrected chi connectivity index (χ2v) is 8.37. The van der Waals surface area contributed by atoms with Gasteiger partial charge in [0.15, 0.2) is 19.7 Å². The van der Waals surface area contributed by atoms with Crippen molar-refractivity contribution in [2.24, 2.45) is 0 Å². The average Bonchev–Trinajstić information content (AvgIpc) is 2.53. The van der Waals surface area contributed by atoms with Crippen molar-refractivity contribution >= 4 is 44.4 Å². The summed E-state index contributed by atoms with van der Waals surface area (Å²) in [6.45, 7) is 0. The molecule has 0 unspecified atom stereocenters. The molecule has 0 aliphatic carbocycles. The van der Waals surface area contributed by atoms with Crippen molar-refractivity contribution < 1.29 is 8.42 Å². The Morgan fingerprint density at radius 3 is 2.42 bits per heavy atom. The highest BCUT2D eigenvalue weighted by atomic mass is 35.5. The molecule has 2 aromatic carbocycles. The first-order valence-corrected chi connectivity index (χ1v) is 9.48. The molecular weight excluding hydrogens is 369 g/mol. The Hall–Kier alpha value is -1.81. The smallest absolute Gasteiger partial charge is 0.378 e. The number of anilines is 1. The Bertz CT molecular complexity index is 906. The molecular formula is C16H16Cl2N3O2S+.